The van der Waals surface area contributed by atoms with Crippen LogP contribution in [0.15, 0.2) is 22.6 Å². The number of hydrogen-bond acceptors (Lipinski definition) is 5. The average Bonchev–Trinajstić information content (AvgIpc) is 2.82. The number of ether oxygens (including phenoxy) is 1. The summed E-state index contributed by atoms with van der Waals surface area (Å²) in [5, 5.41) is 10.2. The summed E-state index contributed by atoms with van der Waals surface area (Å²) in [5.41, 5.74) is 0.993. The topological polar surface area (TPSA) is 62.9 Å². The molecule has 5 nitrogen and oxygen atoms in total. The molecule has 0 aliphatic rings. The molecular weight excluding hydrogens is 270 g/mol. The van der Waals surface area contributed by atoms with Gasteiger partial charge in [-0.3, -0.25) is 4.90 Å². The van der Waals surface area contributed by atoms with Crippen molar-refractivity contribution in [3.05, 3.63) is 29.5 Å². The Bertz CT molecular complexity index is 628. The molecule has 114 valence electrons. The van der Waals surface area contributed by atoms with Gasteiger partial charge < -0.3 is 14.3 Å². The van der Waals surface area contributed by atoms with Crippen LogP contribution in [0.4, 0.5) is 0 Å². The molecule has 0 spiro atoms. The van der Waals surface area contributed by atoms with E-state index >= 15 is 0 Å². The summed E-state index contributed by atoms with van der Waals surface area (Å²) in [6.45, 7) is 8.44. The number of hydrogen-bond donors (Lipinski definition) is 1. The van der Waals surface area contributed by atoms with E-state index < -0.39 is 5.97 Å². The molecule has 1 heterocycles. The first-order chi connectivity index (χ1) is 10.1. The van der Waals surface area contributed by atoms with E-state index in [4.69, 9.17) is 9.15 Å². The second-order valence-electron chi connectivity index (χ2n) is 4.76. The highest BCUT2D eigenvalue weighted by Gasteiger charge is 2.23. The number of furan rings is 1. The summed E-state index contributed by atoms with van der Waals surface area (Å²) in [6, 6.07) is 4.75. The lowest BCUT2D eigenvalue weighted by Gasteiger charge is -2.16. The van der Waals surface area contributed by atoms with Gasteiger partial charge in [0.05, 0.1) is 13.2 Å². The summed E-state index contributed by atoms with van der Waals surface area (Å²) >= 11 is 0. The van der Waals surface area contributed by atoms with Crippen molar-refractivity contribution in [2.75, 3.05) is 19.7 Å². The predicted octanol–water partition coefficient (Wildman–Crippen LogP) is 3.16. The minimum atomic E-state index is -0.413. The zero-order valence-electron chi connectivity index (χ0n) is 12.7. The van der Waals surface area contributed by atoms with E-state index in [-0.39, 0.29) is 5.75 Å². The van der Waals surface area contributed by atoms with E-state index in [0.717, 1.165) is 13.1 Å². The number of fused-ring (bicyclic) bond motifs is 1. The van der Waals surface area contributed by atoms with Gasteiger partial charge in [0.25, 0.3) is 0 Å². The fraction of sp³-hybridized carbons (Fsp3) is 0.438. The monoisotopic (exact) mass is 291 g/mol. The van der Waals surface area contributed by atoms with Crippen molar-refractivity contribution in [2.24, 2.45) is 0 Å². The average molecular weight is 291 g/mol. The summed E-state index contributed by atoms with van der Waals surface area (Å²) in [5.74, 6) is 0.269. The van der Waals surface area contributed by atoms with Crippen LogP contribution in [0.25, 0.3) is 11.0 Å². The quantitative estimate of drug-likeness (QED) is 0.828. The van der Waals surface area contributed by atoms with Crippen LogP contribution in [0.3, 0.4) is 0 Å². The standard InChI is InChI=1S/C16H21NO4/c1-4-17(5-2)10-14-15(16(19)20-6-3)12-9-11(18)7-8-13(12)21-14/h7-9,18H,4-6,10H2,1-3H3. The van der Waals surface area contributed by atoms with Crippen molar-refractivity contribution in [1.82, 2.24) is 4.90 Å². The van der Waals surface area contributed by atoms with Crippen molar-refractivity contribution in [3.8, 4) is 5.75 Å². The molecule has 0 aliphatic carbocycles. The van der Waals surface area contributed by atoms with Gasteiger partial charge in [0.1, 0.15) is 22.7 Å². The van der Waals surface area contributed by atoms with Gasteiger partial charge >= 0.3 is 5.97 Å². The van der Waals surface area contributed by atoms with Crippen molar-refractivity contribution >= 4 is 16.9 Å². The molecule has 0 fully saturated rings. The number of benzene rings is 1. The van der Waals surface area contributed by atoms with Gasteiger partial charge in [-0.15, -0.1) is 0 Å². The Hall–Kier alpha value is -2.01. The maximum Gasteiger partial charge on any atom is 0.342 e. The Morgan fingerprint density at radius 2 is 2.00 bits per heavy atom. The lowest BCUT2D eigenvalue weighted by atomic mass is 10.1. The van der Waals surface area contributed by atoms with Crippen molar-refractivity contribution < 1.29 is 19.1 Å². The summed E-state index contributed by atoms with van der Waals surface area (Å²) in [4.78, 5) is 14.4. The molecule has 5 heteroatoms. The van der Waals surface area contributed by atoms with Crippen molar-refractivity contribution in [1.29, 1.82) is 0 Å². The van der Waals surface area contributed by atoms with Crippen LogP contribution in [0.5, 0.6) is 5.75 Å². The first kappa shape index (κ1) is 15.4. The fourth-order valence-corrected chi connectivity index (χ4v) is 2.32. The molecule has 1 aromatic carbocycles. The molecular formula is C16H21NO4. The van der Waals surface area contributed by atoms with Gasteiger partial charge in [0, 0.05) is 5.39 Å². The summed E-state index contributed by atoms with van der Waals surface area (Å²) in [6.07, 6.45) is 0. The number of aromatic hydroxyl groups is 1. The maximum absolute atomic E-state index is 12.2. The molecule has 2 rings (SSSR count). The lowest BCUT2D eigenvalue weighted by molar-refractivity contribution is 0.0524. The summed E-state index contributed by atoms with van der Waals surface area (Å²) in [7, 11) is 0. The highest BCUT2D eigenvalue weighted by atomic mass is 16.5. The molecule has 0 aliphatic heterocycles. The molecule has 0 saturated heterocycles. The van der Waals surface area contributed by atoms with E-state index in [0.29, 0.717) is 35.4 Å². The van der Waals surface area contributed by atoms with Crippen LogP contribution >= 0.6 is 0 Å². The summed E-state index contributed by atoms with van der Waals surface area (Å²) < 4.78 is 10.9. The van der Waals surface area contributed by atoms with Gasteiger partial charge in [0.2, 0.25) is 0 Å². The zero-order valence-corrected chi connectivity index (χ0v) is 12.7. The Kier molecular flexibility index (Phi) is 4.85. The SMILES string of the molecule is CCOC(=O)c1c(CN(CC)CC)oc2ccc(O)cc12. The molecule has 1 aromatic heterocycles. The van der Waals surface area contributed by atoms with E-state index in [1.165, 1.54) is 6.07 Å². The molecule has 0 amide bonds. The second-order valence-corrected chi connectivity index (χ2v) is 4.76. The zero-order chi connectivity index (χ0) is 15.4. The second kappa shape index (κ2) is 6.63. The number of carbonyl (C=O) groups excluding carboxylic acids is 1. The van der Waals surface area contributed by atoms with Crippen LogP contribution in [-0.4, -0.2) is 35.7 Å². The van der Waals surface area contributed by atoms with Crippen molar-refractivity contribution in [3.63, 3.8) is 0 Å². The highest BCUT2D eigenvalue weighted by molar-refractivity contribution is 6.04. The van der Waals surface area contributed by atoms with Crippen LogP contribution in [0, 0.1) is 0 Å². The minimum Gasteiger partial charge on any atom is -0.508 e. The van der Waals surface area contributed by atoms with E-state index in [1.807, 2.05) is 0 Å². The number of nitrogens with zero attached hydrogens (tertiary/aromatic N) is 1. The number of carbonyl (C=O) groups is 1. The maximum atomic E-state index is 12.2. The predicted molar refractivity (Wildman–Crippen MR) is 80.5 cm³/mol. The third kappa shape index (κ3) is 3.19. The van der Waals surface area contributed by atoms with Crippen LogP contribution in [0.1, 0.15) is 36.9 Å². The lowest BCUT2D eigenvalue weighted by Crippen LogP contribution is -2.23. The molecule has 0 saturated carbocycles. The van der Waals surface area contributed by atoms with Gasteiger partial charge in [-0.05, 0) is 38.2 Å². The molecule has 0 atom stereocenters. The Morgan fingerprint density at radius 1 is 1.29 bits per heavy atom. The van der Waals surface area contributed by atoms with Crippen LogP contribution in [0.2, 0.25) is 0 Å². The fourth-order valence-electron chi connectivity index (χ4n) is 2.32. The Balaban J connectivity index is 2.52. The molecule has 0 bridgehead atoms. The molecule has 0 unspecified atom stereocenters. The van der Waals surface area contributed by atoms with Gasteiger partial charge in [0.15, 0.2) is 0 Å². The smallest absolute Gasteiger partial charge is 0.342 e. The first-order valence-corrected chi connectivity index (χ1v) is 7.24. The number of esters is 1. The van der Waals surface area contributed by atoms with Crippen molar-refractivity contribution in [2.45, 2.75) is 27.3 Å². The Labute approximate surface area is 124 Å². The highest BCUT2D eigenvalue weighted by Crippen LogP contribution is 2.30. The third-order valence-corrected chi connectivity index (χ3v) is 3.49. The minimum absolute atomic E-state index is 0.100. The number of phenolic OH excluding ortho intramolecular Hbond substituents is 1. The Morgan fingerprint density at radius 3 is 2.62 bits per heavy atom. The molecule has 1 N–H and O–H groups in total. The molecule has 0 radical (unpaired) electrons. The molecule has 21 heavy (non-hydrogen) atoms. The van der Waals surface area contributed by atoms with Crippen LogP contribution in [-0.2, 0) is 11.3 Å². The normalized spacial score (nSPS) is 11.2. The van der Waals surface area contributed by atoms with E-state index in [2.05, 4.69) is 18.7 Å². The van der Waals surface area contributed by atoms with Gasteiger partial charge in [-0.1, -0.05) is 13.8 Å². The van der Waals surface area contributed by atoms with Crippen LogP contribution < -0.4 is 0 Å². The van der Waals surface area contributed by atoms with E-state index in [1.54, 1.807) is 19.1 Å². The van der Waals surface area contributed by atoms with E-state index in [9.17, 15) is 9.90 Å². The third-order valence-electron chi connectivity index (χ3n) is 3.49. The number of phenols is 1. The first-order valence-electron chi connectivity index (χ1n) is 7.24. The largest absolute Gasteiger partial charge is 0.508 e. The molecule has 2 aromatic rings. The van der Waals surface area contributed by atoms with Gasteiger partial charge in [-0.25, -0.2) is 4.79 Å². The van der Waals surface area contributed by atoms with Gasteiger partial charge in [-0.2, -0.15) is 0 Å². The number of rotatable bonds is 6.